The van der Waals surface area contributed by atoms with Crippen LogP contribution in [-0.2, 0) is 4.79 Å². The maximum Gasteiger partial charge on any atom is 0.233 e. The number of hydrogen-bond donors (Lipinski definition) is 2. The summed E-state index contributed by atoms with van der Waals surface area (Å²) in [5, 5.41) is 2.99. The van der Waals surface area contributed by atoms with E-state index in [0.717, 1.165) is 19.3 Å². The van der Waals surface area contributed by atoms with E-state index < -0.39 is 0 Å². The molecule has 14 heavy (non-hydrogen) atoms. The smallest absolute Gasteiger partial charge is 0.233 e. The Bertz CT molecular complexity index is 164. The highest BCUT2D eigenvalue weighted by atomic mass is 32.2. The lowest BCUT2D eigenvalue weighted by molar-refractivity contribution is -0.121. The number of thioether (sulfide) groups is 1. The van der Waals surface area contributed by atoms with Crippen molar-refractivity contribution in [2.45, 2.75) is 44.4 Å². The van der Waals surface area contributed by atoms with Crippen molar-refractivity contribution in [3.05, 3.63) is 0 Å². The van der Waals surface area contributed by atoms with Crippen LogP contribution in [0.4, 0.5) is 0 Å². The van der Waals surface area contributed by atoms with E-state index in [0.29, 0.717) is 6.54 Å². The number of carbonyl (C=O) groups is 1. The summed E-state index contributed by atoms with van der Waals surface area (Å²) in [5.74, 6) is 0.101. The number of hydrogen-bond acceptors (Lipinski definition) is 3. The maximum absolute atomic E-state index is 11.5. The van der Waals surface area contributed by atoms with E-state index in [1.807, 2.05) is 13.2 Å². The van der Waals surface area contributed by atoms with Gasteiger partial charge in [-0.25, -0.2) is 0 Å². The summed E-state index contributed by atoms with van der Waals surface area (Å²) in [6.07, 6.45) is 5.19. The molecule has 3 N–H and O–H groups in total. The Labute approximate surface area is 91.2 Å². The van der Waals surface area contributed by atoms with Gasteiger partial charge in [-0.15, -0.1) is 0 Å². The van der Waals surface area contributed by atoms with Gasteiger partial charge in [0, 0.05) is 12.6 Å². The highest BCUT2D eigenvalue weighted by Crippen LogP contribution is 2.06. The van der Waals surface area contributed by atoms with Crippen molar-refractivity contribution in [2.75, 3.05) is 12.8 Å². The van der Waals surface area contributed by atoms with Crippen LogP contribution in [0.15, 0.2) is 0 Å². The normalized spacial score (nSPS) is 14.9. The zero-order chi connectivity index (χ0) is 11.0. The summed E-state index contributed by atoms with van der Waals surface area (Å²) in [4.78, 5) is 11.5. The fraction of sp³-hybridized carbons (Fsp3) is 0.900. The average Bonchev–Trinajstić information content (AvgIpc) is 2.22. The average molecular weight is 218 g/mol. The van der Waals surface area contributed by atoms with Crippen molar-refractivity contribution in [3.8, 4) is 0 Å². The lowest BCUT2D eigenvalue weighted by atomic mass is 10.1. The van der Waals surface area contributed by atoms with E-state index in [1.165, 1.54) is 0 Å². The molecule has 0 fully saturated rings. The number of unbranched alkanes of at least 4 members (excludes halogenated alkanes) is 1. The molecule has 0 spiro atoms. The van der Waals surface area contributed by atoms with Gasteiger partial charge in [-0.1, -0.05) is 19.8 Å². The van der Waals surface area contributed by atoms with Crippen molar-refractivity contribution in [1.29, 1.82) is 0 Å². The van der Waals surface area contributed by atoms with Crippen LogP contribution < -0.4 is 11.1 Å². The molecule has 0 aromatic rings. The standard InChI is InChI=1S/C10H22N2OS/c1-4-5-6-9(7-11)12-10(13)8(2)14-3/h8-9H,4-7,11H2,1-3H3,(H,12,13). The number of nitrogens with two attached hydrogens (primary N) is 1. The van der Waals surface area contributed by atoms with Gasteiger partial charge in [-0.05, 0) is 19.6 Å². The molecule has 0 saturated heterocycles. The zero-order valence-corrected chi connectivity index (χ0v) is 10.2. The van der Waals surface area contributed by atoms with Crippen molar-refractivity contribution < 1.29 is 4.79 Å². The van der Waals surface area contributed by atoms with Crippen LogP contribution in [0.25, 0.3) is 0 Å². The lowest BCUT2D eigenvalue weighted by Gasteiger charge is -2.18. The molecular weight excluding hydrogens is 196 g/mol. The van der Waals surface area contributed by atoms with Crippen LogP contribution in [0, 0.1) is 0 Å². The summed E-state index contributed by atoms with van der Waals surface area (Å²) in [7, 11) is 0. The maximum atomic E-state index is 11.5. The minimum absolute atomic E-state index is 0.0191. The minimum atomic E-state index is 0.0191. The molecule has 0 aromatic carbocycles. The first kappa shape index (κ1) is 13.8. The van der Waals surface area contributed by atoms with Gasteiger partial charge in [0.15, 0.2) is 0 Å². The van der Waals surface area contributed by atoms with Gasteiger partial charge in [0.05, 0.1) is 5.25 Å². The molecule has 0 saturated carbocycles. The molecule has 0 bridgehead atoms. The van der Waals surface area contributed by atoms with Gasteiger partial charge in [-0.3, -0.25) is 4.79 Å². The largest absolute Gasteiger partial charge is 0.351 e. The molecule has 0 heterocycles. The van der Waals surface area contributed by atoms with Gasteiger partial charge in [0.2, 0.25) is 5.91 Å². The van der Waals surface area contributed by atoms with Crippen LogP contribution in [0.1, 0.15) is 33.1 Å². The summed E-state index contributed by atoms with van der Waals surface area (Å²) < 4.78 is 0. The Balaban J connectivity index is 3.85. The van der Waals surface area contributed by atoms with Gasteiger partial charge in [0.1, 0.15) is 0 Å². The molecule has 0 radical (unpaired) electrons. The van der Waals surface area contributed by atoms with E-state index >= 15 is 0 Å². The molecule has 1 amide bonds. The predicted molar refractivity (Wildman–Crippen MR) is 63.5 cm³/mol. The molecule has 0 aromatic heterocycles. The van der Waals surface area contributed by atoms with E-state index in [4.69, 9.17) is 5.73 Å². The zero-order valence-electron chi connectivity index (χ0n) is 9.38. The van der Waals surface area contributed by atoms with E-state index in [2.05, 4.69) is 12.2 Å². The molecule has 4 heteroatoms. The summed E-state index contributed by atoms with van der Waals surface area (Å²) in [5.41, 5.74) is 5.58. The number of carbonyl (C=O) groups excluding carboxylic acids is 1. The van der Waals surface area contributed by atoms with Gasteiger partial charge in [0.25, 0.3) is 0 Å². The molecule has 2 atom stereocenters. The molecule has 3 nitrogen and oxygen atoms in total. The molecule has 0 rings (SSSR count). The van der Waals surface area contributed by atoms with Crippen LogP contribution >= 0.6 is 11.8 Å². The van der Waals surface area contributed by atoms with Crippen LogP contribution in [-0.4, -0.2) is 30.0 Å². The summed E-state index contributed by atoms with van der Waals surface area (Å²) in [6, 6.07) is 0.150. The van der Waals surface area contributed by atoms with Crippen LogP contribution in [0.3, 0.4) is 0 Å². The van der Waals surface area contributed by atoms with Gasteiger partial charge in [-0.2, -0.15) is 11.8 Å². The molecular formula is C10H22N2OS. The first-order valence-corrected chi connectivity index (χ1v) is 6.47. The second kappa shape index (κ2) is 8.12. The van der Waals surface area contributed by atoms with E-state index in [-0.39, 0.29) is 17.2 Å². The first-order chi connectivity index (χ1) is 6.65. The third-order valence-electron chi connectivity index (χ3n) is 2.26. The SMILES string of the molecule is CCCCC(CN)NC(=O)C(C)SC. The van der Waals surface area contributed by atoms with Gasteiger partial charge < -0.3 is 11.1 Å². The van der Waals surface area contributed by atoms with E-state index in [9.17, 15) is 4.79 Å². The predicted octanol–water partition coefficient (Wildman–Crippen LogP) is 1.37. The summed E-state index contributed by atoms with van der Waals surface area (Å²) >= 11 is 1.56. The van der Waals surface area contributed by atoms with Crippen molar-refractivity contribution in [3.63, 3.8) is 0 Å². The number of nitrogens with one attached hydrogen (secondary N) is 1. The Morgan fingerprint density at radius 3 is 2.64 bits per heavy atom. The number of amides is 1. The third kappa shape index (κ3) is 5.50. The monoisotopic (exact) mass is 218 g/mol. The highest BCUT2D eigenvalue weighted by Gasteiger charge is 2.15. The first-order valence-electron chi connectivity index (χ1n) is 5.18. The van der Waals surface area contributed by atoms with Gasteiger partial charge >= 0.3 is 0 Å². The minimum Gasteiger partial charge on any atom is -0.351 e. The molecule has 84 valence electrons. The molecule has 0 aliphatic carbocycles. The number of rotatable bonds is 7. The second-order valence-electron chi connectivity index (χ2n) is 3.46. The second-order valence-corrected chi connectivity index (χ2v) is 4.64. The van der Waals surface area contributed by atoms with Crippen molar-refractivity contribution in [1.82, 2.24) is 5.32 Å². The Hall–Kier alpha value is -0.220. The molecule has 2 unspecified atom stereocenters. The fourth-order valence-corrected chi connectivity index (χ4v) is 1.41. The van der Waals surface area contributed by atoms with Crippen molar-refractivity contribution in [2.24, 2.45) is 5.73 Å². The Morgan fingerprint density at radius 1 is 1.57 bits per heavy atom. The van der Waals surface area contributed by atoms with Crippen LogP contribution in [0.2, 0.25) is 0 Å². The van der Waals surface area contributed by atoms with Crippen molar-refractivity contribution >= 4 is 17.7 Å². The fourth-order valence-electron chi connectivity index (χ4n) is 1.13. The highest BCUT2D eigenvalue weighted by molar-refractivity contribution is 7.99. The third-order valence-corrected chi connectivity index (χ3v) is 3.18. The summed E-state index contributed by atoms with van der Waals surface area (Å²) in [6.45, 7) is 4.58. The quantitative estimate of drug-likeness (QED) is 0.678. The van der Waals surface area contributed by atoms with E-state index in [1.54, 1.807) is 11.8 Å². The topological polar surface area (TPSA) is 55.1 Å². The Morgan fingerprint density at radius 2 is 2.21 bits per heavy atom. The molecule has 0 aliphatic heterocycles. The van der Waals surface area contributed by atoms with Crippen LogP contribution in [0.5, 0.6) is 0 Å². The lowest BCUT2D eigenvalue weighted by Crippen LogP contribution is -2.43. The Kier molecular flexibility index (Phi) is 7.99. The molecule has 0 aliphatic rings.